The first-order chi connectivity index (χ1) is 14.0. The SMILES string of the molecule is CC1CCN(C)c2ccccc2NC(=O)c2nc(cnc2N)-c2cccc(c2)O1. The summed E-state index contributed by atoms with van der Waals surface area (Å²) in [7, 11) is 1.99. The number of carbonyl (C=O) groups is 1. The molecule has 4 bridgehead atoms. The molecule has 0 saturated carbocycles. The first-order valence-corrected chi connectivity index (χ1v) is 9.52. The van der Waals surface area contributed by atoms with Gasteiger partial charge in [-0.3, -0.25) is 4.79 Å². The molecule has 2 heterocycles. The summed E-state index contributed by atoms with van der Waals surface area (Å²) in [6.07, 6.45) is 2.41. The maximum absolute atomic E-state index is 12.9. The topological polar surface area (TPSA) is 93.4 Å². The van der Waals surface area contributed by atoms with Crippen LogP contribution in [0.3, 0.4) is 0 Å². The Balaban J connectivity index is 1.81. The van der Waals surface area contributed by atoms with Crippen LogP contribution in [0.1, 0.15) is 23.8 Å². The molecule has 2 aromatic carbocycles. The Hall–Kier alpha value is -3.61. The molecule has 7 nitrogen and oxygen atoms in total. The van der Waals surface area contributed by atoms with E-state index in [1.165, 1.54) is 0 Å². The van der Waals surface area contributed by atoms with E-state index < -0.39 is 5.91 Å². The predicted molar refractivity (Wildman–Crippen MR) is 114 cm³/mol. The summed E-state index contributed by atoms with van der Waals surface area (Å²) in [5.74, 6) is 0.438. The Bertz CT molecular complexity index is 1050. The number of nitrogens with two attached hydrogens (primary N) is 1. The van der Waals surface area contributed by atoms with Crippen LogP contribution in [-0.4, -0.2) is 35.6 Å². The first-order valence-electron chi connectivity index (χ1n) is 9.52. The summed E-state index contributed by atoms with van der Waals surface area (Å²) in [6.45, 7) is 2.82. The van der Waals surface area contributed by atoms with Gasteiger partial charge in [-0.1, -0.05) is 24.3 Å². The number of hydrogen-bond acceptors (Lipinski definition) is 6. The molecule has 0 fully saturated rings. The third-order valence-electron chi connectivity index (χ3n) is 4.92. The van der Waals surface area contributed by atoms with Gasteiger partial charge in [0.2, 0.25) is 0 Å². The van der Waals surface area contributed by atoms with Crippen LogP contribution in [-0.2, 0) is 0 Å². The summed E-state index contributed by atoms with van der Waals surface area (Å²) in [4.78, 5) is 23.7. The van der Waals surface area contributed by atoms with Gasteiger partial charge >= 0.3 is 0 Å². The third kappa shape index (κ3) is 3.99. The Morgan fingerprint density at radius 1 is 1.21 bits per heavy atom. The molecule has 4 rings (SSSR count). The second-order valence-corrected chi connectivity index (χ2v) is 7.13. The van der Waals surface area contributed by atoms with Crippen molar-refractivity contribution in [1.29, 1.82) is 0 Å². The van der Waals surface area contributed by atoms with E-state index in [1.54, 1.807) is 6.20 Å². The molecule has 1 aliphatic heterocycles. The van der Waals surface area contributed by atoms with Crippen molar-refractivity contribution in [2.24, 2.45) is 0 Å². The Morgan fingerprint density at radius 3 is 2.90 bits per heavy atom. The monoisotopic (exact) mass is 389 g/mol. The van der Waals surface area contributed by atoms with Gasteiger partial charge in [0.15, 0.2) is 11.5 Å². The van der Waals surface area contributed by atoms with Gasteiger partial charge in [0.05, 0.1) is 29.4 Å². The molecular formula is C22H23N5O2. The summed E-state index contributed by atoms with van der Waals surface area (Å²) in [6, 6.07) is 15.3. The molecular weight excluding hydrogens is 366 g/mol. The standard InChI is InChI=1S/C22H23N5O2/c1-14-10-11-27(2)19-9-4-3-8-17(19)26-22(28)20-21(23)24-13-18(25-20)15-6-5-7-16(12-15)29-14/h3-9,12-14H,10-11H2,1-2H3,(H2,23,24)(H,26,28). The maximum Gasteiger partial charge on any atom is 0.278 e. The Labute approximate surface area is 169 Å². The molecule has 1 unspecified atom stereocenters. The normalized spacial score (nSPS) is 16.7. The van der Waals surface area contributed by atoms with E-state index in [9.17, 15) is 4.79 Å². The molecule has 0 spiro atoms. The number of nitrogens with one attached hydrogen (secondary N) is 1. The lowest BCUT2D eigenvalue weighted by Gasteiger charge is -2.24. The smallest absolute Gasteiger partial charge is 0.278 e. The number of anilines is 3. The van der Waals surface area contributed by atoms with Crippen molar-refractivity contribution < 1.29 is 9.53 Å². The minimum absolute atomic E-state index is 0.0210. The number of benzene rings is 2. The van der Waals surface area contributed by atoms with Gasteiger partial charge in [-0.2, -0.15) is 0 Å². The minimum atomic E-state index is -0.395. The average Bonchev–Trinajstić information content (AvgIpc) is 2.72. The van der Waals surface area contributed by atoms with E-state index in [1.807, 2.05) is 62.5 Å². The lowest BCUT2D eigenvalue weighted by molar-refractivity contribution is 0.102. The second-order valence-electron chi connectivity index (χ2n) is 7.13. The summed E-state index contributed by atoms with van der Waals surface area (Å²) in [5.41, 5.74) is 9.02. The van der Waals surface area contributed by atoms with Crippen molar-refractivity contribution in [3.8, 4) is 17.0 Å². The van der Waals surface area contributed by atoms with E-state index >= 15 is 0 Å². The van der Waals surface area contributed by atoms with E-state index in [2.05, 4.69) is 20.2 Å². The molecule has 1 aliphatic rings. The number of fused-ring (bicyclic) bond motifs is 6. The van der Waals surface area contributed by atoms with Gasteiger partial charge < -0.3 is 20.7 Å². The van der Waals surface area contributed by atoms with Gasteiger partial charge in [-0.25, -0.2) is 9.97 Å². The van der Waals surface area contributed by atoms with Gasteiger partial charge in [0.25, 0.3) is 5.91 Å². The third-order valence-corrected chi connectivity index (χ3v) is 4.92. The van der Waals surface area contributed by atoms with Crippen molar-refractivity contribution in [3.05, 3.63) is 60.4 Å². The number of aromatic nitrogens is 2. The molecule has 0 saturated heterocycles. The highest BCUT2D eigenvalue weighted by Crippen LogP contribution is 2.28. The van der Waals surface area contributed by atoms with Crippen molar-refractivity contribution in [2.75, 3.05) is 29.5 Å². The number of nitrogens with zero attached hydrogens (tertiary/aromatic N) is 3. The molecule has 148 valence electrons. The first kappa shape index (κ1) is 18.7. The summed E-state index contributed by atoms with van der Waals surface area (Å²) >= 11 is 0. The van der Waals surface area contributed by atoms with E-state index in [0.29, 0.717) is 11.4 Å². The fraction of sp³-hybridized carbons (Fsp3) is 0.227. The van der Waals surface area contributed by atoms with E-state index in [4.69, 9.17) is 10.5 Å². The van der Waals surface area contributed by atoms with Crippen LogP contribution in [0.5, 0.6) is 5.75 Å². The molecule has 1 atom stereocenters. The fourth-order valence-electron chi connectivity index (χ4n) is 3.31. The van der Waals surface area contributed by atoms with Crippen LogP contribution < -0.4 is 20.7 Å². The van der Waals surface area contributed by atoms with Crippen LogP contribution in [0.2, 0.25) is 0 Å². The van der Waals surface area contributed by atoms with Crippen molar-refractivity contribution in [2.45, 2.75) is 19.4 Å². The molecule has 29 heavy (non-hydrogen) atoms. The zero-order valence-corrected chi connectivity index (χ0v) is 16.4. The van der Waals surface area contributed by atoms with Crippen LogP contribution in [0.25, 0.3) is 11.3 Å². The average molecular weight is 389 g/mol. The fourth-order valence-corrected chi connectivity index (χ4v) is 3.31. The second kappa shape index (κ2) is 7.79. The number of nitrogen functional groups attached to an aromatic ring is 1. The maximum atomic E-state index is 12.9. The van der Waals surface area contributed by atoms with Crippen LogP contribution in [0.15, 0.2) is 54.7 Å². The molecule has 3 aromatic rings. The molecule has 7 heteroatoms. The predicted octanol–water partition coefficient (Wildman–Crippen LogP) is 3.59. The zero-order valence-electron chi connectivity index (χ0n) is 16.4. The highest BCUT2D eigenvalue weighted by molar-refractivity contribution is 6.07. The molecule has 3 N–H and O–H groups in total. The van der Waals surface area contributed by atoms with Crippen LogP contribution >= 0.6 is 0 Å². The number of ether oxygens (including phenoxy) is 1. The molecule has 0 aliphatic carbocycles. The van der Waals surface area contributed by atoms with Crippen molar-refractivity contribution in [3.63, 3.8) is 0 Å². The lowest BCUT2D eigenvalue weighted by atomic mass is 10.1. The Kier molecular flexibility index (Phi) is 5.03. The number of para-hydroxylation sites is 2. The highest BCUT2D eigenvalue weighted by atomic mass is 16.5. The number of rotatable bonds is 0. The molecule has 1 aromatic heterocycles. The van der Waals surface area contributed by atoms with Crippen molar-refractivity contribution in [1.82, 2.24) is 9.97 Å². The quantitative estimate of drug-likeness (QED) is 0.610. The van der Waals surface area contributed by atoms with E-state index in [-0.39, 0.29) is 17.6 Å². The summed E-state index contributed by atoms with van der Waals surface area (Å²) in [5, 5.41) is 2.93. The summed E-state index contributed by atoms with van der Waals surface area (Å²) < 4.78 is 6.10. The number of carbonyl (C=O) groups excluding carboxylic acids is 1. The van der Waals surface area contributed by atoms with Crippen LogP contribution in [0.4, 0.5) is 17.2 Å². The van der Waals surface area contributed by atoms with Gasteiger partial charge in [0, 0.05) is 25.6 Å². The lowest BCUT2D eigenvalue weighted by Crippen LogP contribution is -2.26. The van der Waals surface area contributed by atoms with Gasteiger partial charge in [-0.15, -0.1) is 0 Å². The number of hydrogen-bond donors (Lipinski definition) is 2. The molecule has 1 amide bonds. The van der Waals surface area contributed by atoms with Crippen LogP contribution in [0, 0.1) is 0 Å². The van der Waals surface area contributed by atoms with Gasteiger partial charge in [-0.05, 0) is 31.2 Å². The molecule has 0 radical (unpaired) electrons. The minimum Gasteiger partial charge on any atom is -0.491 e. The zero-order chi connectivity index (χ0) is 20.4. The van der Waals surface area contributed by atoms with Crippen molar-refractivity contribution >= 4 is 23.1 Å². The number of amides is 1. The Morgan fingerprint density at radius 2 is 2.03 bits per heavy atom. The largest absolute Gasteiger partial charge is 0.491 e. The highest BCUT2D eigenvalue weighted by Gasteiger charge is 2.18. The van der Waals surface area contributed by atoms with E-state index in [0.717, 1.165) is 30.0 Å². The van der Waals surface area contributed by atoms with Gasteiger partial charge in [0.1, 0.15) is 5.75 Å².